The highest BCUT2D eigenvalue weighted by molar-refractivity contribution is 5.17. The molecular weight excluding hydrogens is 217 g/mol. The highest BCUT2D eigenvalue weighted by Crippen LogP contribution is 2.10. The van der Waals surface area contributed by atoms with Crippen molar-refractivity contribution in [3.8, 4) is 0 Å². The molecule has 2 unspecified atom stereocenters. The molecule has 0 aliphatic heterocycles. The third-order valence-electron chi connectivity index (χ3n) is 2.86. The van der Waals surface area contributed by atoms with E-state index in [4.69, 9.17) is 5.11 Å². The fourth-order valence-corrected chi connectivity index (χ4v) is 1.71. The zero-order valence-electron chi connectivity index (χ0n) is 10.6. The van der Waals surface area contributed by atoms with E-state index >= 15 is 0 Å². The lowest BCUT2D eigenvalue weighted by molar-refractivity contribution is 0.182. The highest BCUT2D eigenvalue weighted by Gasteiger charge is 2.05. The van der Waals surface area contributed by atoms with Gasteiger partial charge < -0.3 is 10.4 Å². The number of aliphatic hydroxyl groups excluding tert-OH is 1. The second-order valence-corrected chi connectivity index (χ2v) is 4.62. The van der Waals surface area contributed by atoms with Crippen LogP contribution in [0.3, 0.4) is 0 Å². The lowest BCUT2D eigenvalue weighted by Crippen LogP contribution is -2.29. The maximum Gasteiger partial charge on any atom is 0.126 e. The number of aliphatic hydroxyl groups is 1. The lowest BCUT2D eigenvalue weighted by Gasteiger charge is -2.14. The Balaban J connectivity index is 2.24. The molecule has 2 atom stereocenters. The van der Waals surface area contributed by atoms with Gasteiger partial charge in [0.2, 0.25) is 0 Å². The second kappa shape index (κ2) is 7.41. The molecule has 0 bridgehead atoms. The number of nitrogens with one attached hydrogen (secondary N) is 1. The van der Waals surface area contributed by atoms with Crippen LogP contribution < -0.4 is 5.32 Å². The van der Waals surface area contributed by atoms with Gasteiger partial charge in [0.15, 0.2) is 0 Å². The number of rotatable bonds is 7. The molecule has 0 heterocycles. The zero-order chi connectivity index (χ0) is 12.7. The predicted molar refractivity (Wildman–Crippen MR) is 68.5 cm³/mol. The number of hydrogen-bond acceptors (Lipinski definition) is 2. The molecule has 0 spiro atoms. The number of benzene rings is 1. The van der Waals surface area contributed by atoms with E-state index in [0.29, 0.717) is 6.04 Å². The van der Waals surface area contributed by atoms with Crippen LogP contribution in [0, 0.1) is 5.82 Å². The van der Waals surface area contributed by atoms with Gasteiger partial charge in [-0.25, -0.2) is 4.39 Å². The van der Waals surface area contributed by atoms with Gasteiger partial charge in [0.25, 0.3) is 0 Å². The summed E-state index contributed by atoms with van der Waals surface area (Å²) in [6.07, 6.45) is 2.14. The van der Waals surface area contributed by atoms with Gasteiger partial charge in [-0.3, -0.25) is 0 Å². The highest BCUT2D eigenvalue weighted by atomic mass is 19.1. The van der Waals surface area contributed by atoms with Crippen LogP contribution in [-0.4, -0.2) is 23.8 Å². The Labute approximate surface area is 103 Å². The van der Waals surface area contributed by atoms with Gasteiger partial charge >= 0.3 is 0 Å². The van der Waals surface area contributed by atoms with Crippen LogP contribution in [-0.2, 0) is 6.42 Å². The second-order valence-electron chi connectivity index (χ2n) is 4.62. The van der Waals surface area contributed by atoms with Gasteiger partial charge in [0.1, 0.15) is 5.82 Å². The zero-order valence-corrected chi connectivity index (χ0v) is 10.6. The molecule has 0 saturated carbocycles. The fraction of sp³-hybridized carbons (Fsp3) is 0.571. The number of aryl methyl sites for hydroxylation is 1. The molecule has 2 N–H and O–H groups in total. The van der Waals surface area contributed by atoms with Crippen molar-refractivity contribution in [2.24, 2.45) is 0 Å². The van der Waals surface area contributed by atoms with E-state index in [0.717, 1.165) is 31.4 Å². The van der Waals surface area contributed by atoms with Crippen LogP contribution in [0.5, 0.6) is 0 Å². The first-order valence-corrected chi connectivity index (χ1v) is 6.24. The third kappa shape index (κ3) is 5.80. The van der Waals surface area contributed by atoms with Gasteiger partial charge in [0.05, 0.1) is 6.10 Å². The minimum Gasteiger partial charge on any atom is -0.393 e. The van der Waals surface area contributed by atoms with Crippen molar-refractivity contribution in [3.05, 3.63) is 35.6 Å². The molecule has 0 radical (unpaired) electrons. The Morgan fingerprint density at radius 2 is 1.94 bits per heavy atom. The SMILES string of the molecule is CC(O)CCNC(C)CCc1ccccc1F. The maximum atomic E-state index is 13.3. The molecule has 1 aromatic carbocycles. The third-order valence-corrected chi connectivity index (χ3v) is 2.86. The largest absolute Gasteiger partial charge is 0.393 e. The Morgan fingerprint density at radius 1 is 1.24 bits per heavy atom. The average Bonchev–Trinajstić information content (AvgIpc) is 2.27. The van der Waals surface area contributed by atoms with E-state index in [-0.39, 0.29) is 11.9 Å². The first-order valence-electron chi connectivity index (χ1n) is 6.24. The molecule has 1 rings (SSSR count). The van der Waals surface area contributed by atoms with Crippen molar-refractivity contribution in [1.82, 2.24) is 5.32 Å². The summed E-state index contributed by atoms with van der Waals surface area (Å²) in [5.41, 5.74) is 0.775. The molecule has 0 aliphatic rings. The summed E-state index contributed by atoms with van der Waals surface area (Å²) in [5.74, 6) is -0.122. The molecule has 0 fully saturated rings. The summed E-state index contributed by atoms with van der Waals surface area (Å²) in [5, 5.41) is 12.4. The first-order chi connectivity index (χ1) is 8.09. The molecular formula is C14H22FNO. The summed E-state index contributed by atoms with van der Waals surface area (Å²) in [4.78, 5) is 0. The van der Waals surface area contributed by atoms with Crippen LogP contribution in [0.15, 0.2) is 24.3 Å². The van der Waals surface area contributed by atoms with Gasteiger partial charge in [-0.2, -0.15) is 0 Å². The van der Waals surface area contributed by atoms with Crippen molar-refractivity contribution in [2.45, 2.75) is 45.3 Å². The maximum absolute atomic E-state index is 13.3. The quantitative estimate of drug-likeness (QED) is 0.766. The van der Waals surface area contributed by atoms with E-state index in [1.807, 2.05) is 12.1 Å². The van der Waals surface area contributed by atoms with Crippen molar-refractivity contribution in [2.75, 3.05) is 6.54 Å². The summed E-state index contributed by atoms with van der Waals surface area (Å²) < 4.78 is 13.3. The average molecular weight is 239 g/mol. The van der Waals surface area contributed by atoms with Crippen molar-refractivity contribution >= 4 is 0 Å². The molecule has 0 aromatic heterocycles. The van der Waals surface area contributed by atoms with Gasteiger partial charge in [-0.15, -0.1) is 0 Å². The summed E-state index contributed by atoms with van der Waals surface area (Å²) >= 11 is 0. The first kappa shape index (κ1) is 14.1. The van der Waals surface area contributed by atoms with E-state index in [2.05, 4.69) is 12.2 Å². The van der Waals surface area contributed by atoms with Crippen LogP contribution in [0.25, 0.3) is 0 Å². The van der Waals surface area contributed by atoms with Crippen molar-refractivity contribution in [1.29, 1.82) is 0 Å². The predicted octanol–water partition coefficient (Wildman–Crippen LogP) is 2.51. The molecule has 1 aromatic rings. The van der Waals surface area contributed by atoms with E-state index < -0.39 is 0 Å². The van der Waals surface area contributed by atoms with Crippen LogP contribution in [0.1, 0.15) is 32.3 Å². The minimum atomic E-state index is -0.263. The van der Waals surface area contributed by atoms with Crippen molar-refractivity contribution < 1.29 is 9.50 Å². The Hall–Kier alpha value is -0.930. The molecule has 0 saturated heterocycles. The normalized spacial score (nSPS) is 14.6. The minimum absolute atomic E-state index is 0.122. The van der Waals surface area contributed by atoms with Gasteiger partial charge in [-0.1, -0.05) is 18.2 Å². The summed E-state index contributed by atoms with van der Waals surface area (Å²) in [6.45, 7) is 4.67. The number of halogens is 1. The summed E-state index contributed by atoms with van der Waals surface area (Å²) in [6, 6.07) is 7.25. The Bertz CT molecular complexity index is 328. The van der Waals surface area contributed by atoms with E-state index in [1.165, 1.54) is 6.07 Å². The van der Waals surface area contributed by atoms with E-state index in [9.17, 15) is 4.39 Å². The number of hydrogen-bond donors (Lipinski definition) is 2. The van der Waals surface area contributed by atoms with Crippen LogP contribution in [0.4, 0.5) is 4.39 Å². The van der Waals surface area contributed by atoms with E-state index in [1.54, 1.807) is 13.0 Å². The van der Waals surface area contributed by atoms with Gasteiger partial charge in [0, 0.05) is 6.04 Å². The monoisotopic (exact) mass is 239 g/mol. The Morgan fingerprint density at radius 3 is 2.59 bits per heavy atom. The van der Waals surface area contributed by atoms with Crippen LogP contribution >= 0.6 is 0 Å². The smallest absolute Gasteiger partial charge is 0.126 e. The fourth-order valence-electron chi connectivity index (χ4n) is 1.71. The topological polar surface area (TPSA) is 32.3 Å². The Kier molecular flexibility index (Phi) is 6.16. The molecule has 96 valence electrons. The molecule has 17 heavy (non-hydrogen) atoms. The molecule has 3 heteroatoms. The van der Waals surface area contributed by atoms with Gasteiger partial charge in [-0.05, 0) is 51.3 Å². The van der Waals surface area contributed by atoms with Crippen LogP contribution in [0.2, 0.25) is 0 Å². The summed E-state index contributed by atoms with van der Waals surface area (Å²) in [7, 11) is 0. The lowest BCUT2D eigenvalue weighted by atomic mass is 10.1. The molecule has 0 amide bonds. The molecule has 2 nitrogen and oxygen atoms in total. The van der Waals surface area contributed by atoms with Crippen molar-refractivity contribution in [3.63, 3.8) is 0 Å². The molecule has 0 aliphatic carbocycles. The standard InChI is InChI=1S/C14H22FNO/c1-11(16-10-9-12(2)17)7-8-13-5-3-4-6-14(13)15/h3-6,11-12,16-17H,7-10H2,1-2H3.